The van der Waals surface area contributed by atoms with E-state index in [1.54, 1.807) is 24.4 Å². The quantitative estimate of drug-likeness (QED) is 0.735. The summed E-state index contributed by atoms with van der Waals surface area (Å²) in [5.74, 6) is -1.68. The molecule has 2 aromatic rings. The van der Waals surface area contributed by atoms with E-state index in [-0.39, 0.29) is 11.1 Å². The summed E-state index contributed by atoms with van der Waals surface area (Å²) in [5, 5.41) is 15.2. The highest BCUT2D eigenvalue weighted by molar-refractivity contribution is 7.80. The third-order valence-electron chi connectivity index (χ3n) is 3.41. The summed E-state index contributed by atoms with van der Waals surface area (Å²) in [6.45, 7) is 0. The minimum atomic E-state index is -4.86. The average Bonchev–Trinajstić information content (AvgIpc) is 2.92. The van der Waals surface area contributed by atoms with Crippen molar-refractivity contribution in [3.63, 3.8) is 0 Å². The van der Waals surface area contributed by atoms with Crippen molar-refractivity contribution in [3.05, 3.63) is 53.0 Å². The van der Waals surface area contributed by atoms with Crippen LogP contribution in [0, 0.1) is 0 Å². The van der Waals surface area contributed by atoms with E-state index in [0.717, 1.165) is 0 Å². The Morgan fingerprint density at radius 1 is 1.39 bits per heavy atom. The second kappa shape index (κ2) is 5.34. The van der Waals surface area contributed by atoms with Crippen LogP contribution in [0.5, 0.6) is 0 Å². The van der Waals surface area contributed by atoms with E-state index in [9.17, 15) is 18.0 Å². The van der Waals surface area contributed by atoms with Gasteiger partial charge in [0.2, 0.25) is 0 Å². The minimum absolute atomic E-state index is 0.138. The molecule has 0 radical (unpaired) electrons. The fraction of sp³-hybridized carbons (Fsp3) is 0.143. The molecule has 1 unspecified atom stereocenters. The maximum Gasteiger partial charge on any atom is 0.434 e. The molecule has 0 bridgehead atoms. The zero-order valence-electron chi connectivity index (χ0n) is 11.4. The second-order valence-electron chi connectivity index (χ2n) is 4.80. The molecule has 0 saturated carbocycles. The van der Waals surface area contributed by atoms with E-state index in [0.29, 0.717) is 22.0 Å². The zero-order valence-corrected chi connectivity index (χ0v) is 12.3. The fourth-order valence-corrected chi connectivity index (χ4v) is 2.76. The van der Waals surface area contributed by atoms with E-state index in [1.807, 2.05) is 0 Å². The number of nitrogens with one attached hydrogen (secondary N) is 1. The van der Waals surface area contributed by atoms with Crippen LogP contribution in [0.15, 0.2) is 30.6 Å². The average molecular weight is 341 g/mol. The van der Waals surface area contributed by atoms with Crippen LogP contribution < -0.4 is 5.32 Å². The normalized spacial score (nSPS) is 16.8. The van der Waals surface area contributed by atoms with Gasteiger partial charge in [-0.1, -0.05) is 12.1 Å². The van der Waals surface area contributed by atoms with Gasteiger partial charge in [0.05, 0.1) is 17.3 Å². The van der Waals surface area contributed by atoms with Crippen molar-refractivity contribution in [2.75, 3.05) is 0 Å². The van der Waals surface area contributed by atoms with Gasteiger partial charge >= 0.3 is 12.1 Å². The molecule has 1 aliphatic heterocycles. The second-order valence-corrected chi connectivity index (χ2v) is 5.32. The molecule has 2 heterocycles. The number of nitrogens with zero attached hydrogens (tertiary/aromatic N) is 2. The third kappa shape index (κ3) is 2.56. The summed E-state index contributed by atoms with van der Waals surface area (Å²) in [6.07, 6.45) is -0.991. The molecule has 0 spiro atoms. The van der Waals surface area contributed by atoms with E-state index >= 15 is 0 Å². The summed E-state index contributed by atoms with van der Waals surface area (Å²) in [5.41, 5.74) is -0.902. The summed E-state index contributed by atoms with van der Waals surface area (Å²) >= 11 is 4.31. The number of alkyl halides is 3. The first kappa shape index (κ1) is 15.5. The largest absolute Gasteiger partial charge is 0.478 e. The molecule has 5 nitrogen and oxygen atoms in total. The van der Waals surface area contributed by atoms with Crippen molar-refractivity contribution in [2.45, 2.75) is 11.6 Å². The van der Waals surface area contributed by atoms with Crippen LogP contribution >= 0.6 is 12.6 Å². The van der Waals surface area contributed by atoms with E-state index in [1.165, 1.54) is 6.07 Å². The van der Waals surface area contributed by atoms with Crippen LogP contribution in [-0.4, -0.2) is 20.9 Å². The highest BCUT2D eigenvalue weighted by Crippen LogP contribution is 2.36. The van der Waals surface area contributed by atoms with Crippen LogP contribution in [0.1, 0.15) is 32.6 Å². The Balaban J connectivity index is 2.28. The predicted octanol–water partition coefficient (Wildman–Crippen LogP) is 3.09. The lowest BCUT2D eigenvalue weighted by Gasteiger charge is -2.22. The number of aromatic carboxylic acids is 1. The number of benzene rings is 1. The lowest BCUT2D eigenvalue weighted by molar-refractivity contribution is -0.143. The Bertz CT molecular complexity index is 814. The molecule has 1 atom stereocenters. The molecule has 0 amide bonds. The summed E-state index contributed by atoms with van der Waals surface area (Å²) in [6, 6.07) is 4.74. The van der Waals surface area contributed by atoms with Gasteiger partial charge in [-0.05, 0) is 23.9 Å². The zero-order chi connectivity index (χ0) is 16.8. The molecule has 0 saturated heterocycles. The number of carboxylic acids is 1. The smallest absolute Gasteiger partial charge is 0.434 e. The van der Waals surface area contributed by atoms with Crippen molar-refractivity contribution in [2.24, 2.45) is 0 Å². The number of fused-ring (bicyclic) bond motifs is 1. The van der Waals surface area contributed by atoms with Gasteiger partial charge in [-0.3, -0.25) is 0 Å². The molecule has 3 rings (SSSR count). The van der Waals surface area contributed by atoms with Crippen LogP contribution in [0.25, 0.3) is 11.8 Å². The van der Waals surface area contributed by atoms with Crippen molar-refractivity contribution in [3.8, 4) is 5.69 Å². The number of rotatable bonds is 2. The van der Waals surface area contributed by atoms with Gasteiger partial charge in [0.15, 0.2) is 5.69 Å². The first-order valence-electron chi connectivity index (χ1n) is 6.43. The first-order valence-corrected chi connectivity index (χ1v) is 6.95. The molecule has 0 fully saturated rings. The topological polar surface area (TPSA) is 67.1 Å². The number of thiol groups is 1. The van der Waals surface area contributed by atoms with Crippen LogP contribution in [0.4, 0.5) is 13.2 Å². The molecule has 1 aromatic heterocycles. The Hall–Kier alpha value is -2.42. The molecule has 9 heteroatoms. The molecule has 1 aliphatic rings. The van der Waals surface area contributed by atoms with Crippen LogP contribution in [0.3, 0.4) is 0 Å². The standard InChI is InChI=1S/C14H10F3N3O2S/c15-14(16,17)11-9(13(21)22)6-19-20(11)10-3-1-2-8-7(10)4-5-18-12(8)23/h1-6,12,18,23H,(H,21,22). The predicted molar refractivity (Wildman–Crippen MR) is 79.4 cm³/mol. The molecule has 120 valence electrons. The van der Waals surface area contributed by atoms with Gasteiger partial charge in [-0.15, -0.1) is 12.6 Å². The summed E-state index contributed by atoms with van der Waals surface area (Å²) < 4.78 is 40.6. The van der Waals surface area contributed by atoms with Crippen molar-refractivity contribution < 1.29 is 23.1 Å². The van der Waals surface area contributed by atoms with Gasteiger partial charge in [0, 0.05) is 5.56 Å². The first-order chi connectivity index (χ1) is 10.8. The number of carboxylic acid groups (broad SMARTS) is 1. The van der Waals surface area contributed by atoms with Crippen molar-refractivity contribution in [1.29, 1.82) is 0 Å². The lowest BCUT2D eigenvalue weighted by Crippen LogP contribution is -2.20. The SMILES string of the molecule is O=C(O)c1cnn(-c2cccc3c2C=CNC3S)c1C(F)(F)F. The van der Waals surface area contributed by atoms with Gasteiger partial charge < -0.3 is 10.4 Å². The number of carbonyl (C=O) groups is 1. The van der Waals surface area contributed by atoms with Crippen molar-refractivity contribution in [1.82, 2.24) is 15.1 Å². The number of hydrogen-bond donors (Lipinski definition) is 3. The number of halogens is 3. The summed E-state index contributed by atoms with van der Waals surface area (Å²) in [4.78, 5) is 11.1. The van der Waals surface area contributed by atoms with Crippen molar-refractivity contribution >= 4 is 24.7 Å². The maximum atomic E-state index is 13.3. The monoisotopic (exact) mass is 341 g/mol. The molecule has 1 aromatic carbocycles. The van der Waals surface area contributed by atoms with E-state index in [2.05, 4.69) is 23.0 Å². The minimum Gasteiger partial charge on any atom is -0.478 e. The molecule has 2 N–H and O–H groups in total. The Kier molecular flexibility index (Phi) is 3.59. The number of hydrogen-bond acceptors (Lipinski definition) is 4. The van der Waals surface area contributed by atoms with Gasteiger partial charge in [0.1, 0.15) is 5.56 Å². The van der Waals surface area contributed by atoms with Crippen LogP contribution in [-0.2, 0) is 6.18 Å². The van der Waals surface area contributed by atoms with Gasteiger partial charge in [0.25, 0.3) is 0 Å². The van der Waals surface area contributed by atoms with Gasteiger partial charge in [-0.25, -0.2) is 9.48 Å². The molecule has 23 heavy (non-hydrogen) atoms. The Morgan fingerprint density at radius 3 is 2.78 bits per heavy atom. The maximum absolute atomic E-state index is 13.3. The van der Waals surface area contributed by atoms with E-state index in [4.69, 9.17) is 5.11 Å². The van der Waals surface area contributed by atoms with Crippen LogP contribution in [0.2, 0.25) is 0 Å². The molecule has 0 aliphatic carbocycles. The third-order valence-corrected chi connectivity index (χ3v) is 3.84. The highest BCUT2D eigenvalue weighted by Gasteiger charge is 2.41. The Labute approximate surface area is 133 Å². The summed E-state index contributed by atoms with van der Waals surface area (Å²) in [7, 11) is 0. The Morgan fingerprint density at radius 2 is 2.13 bits per heavy atom. The highest BCUT2D eigenvalue weighted by atomic mass is 32.1. The lowest BCUT2D eigenvalue weighted by atomic mass is 10.0. The fourth-order valence-electron chi connectivity index (χ4n) is 2.45. The van der Waals surface area contributed by atoms with Gasteiger partial charge in [-0.2, -0.15) is 18.3 Å². The van der Waals surface area contributed by atoms with E-state index < -0.39 is 23.4 Å². The molecular formula is C14H10F3N3O2S. The molecular weight excluding hydrogens is 331 g/mol. The number of aromatic nitrogens is 2.